The Morgan fingerprint density at radius 1 is 0.864 bits per heavy atom. The number of anilines is 2. The number of nitrogens with zero attached hydrogens (tertiary/aromatic N) is 2. The van der Waals surface area contributed by atoms with Crippen LogP contribution in [0, 0.1) is 13.8 Å². The molecule has 2 aromatic rings. The molecule has 2 rings (SSSR count). The Hall–Kier alpha value is -1.51. The molecule has 0 aliphatic carbocycles. The maximum absolute atomic E-state index is 6.12. The number of rotatable bonds is 6. The maximum atomic E-state index is 6.12. The number of hydrogen-bond donors (Lipinski definition) is 0. The fourth-order valence-electron chi connectivity index (χ4n) is 2.70. The van der Waals surface area contributed by atoms with Gasteiger partial charge in [-0.3, -0.25) is 0 Å². The fraction of sp³-hybridized carbons (Fsp3) is 0.368. The molecule has 0 unspecified atom stereocenters. The van der Waals surface area contributed by atoms with Crippen molar-refractivity contribution in [2.75, 3.05) is 32.1 Å². The molecule has 0 aliphatic rings. The molecule has 0 heterocycles. The number of benzene rings is 2. The van der Waals surface area contributed by atoms with Crippen LogP contribution in [0.1, 0.15) is 17.5 Å². The predicted molar refractivity (Wildman–Crippen MR) is 97.5 cm³/mol. The molecule has 0 atom stereocenters. The van der Waals surface area contributed by atoms with Crippen LogP contribution in [0.5, 0.6) is 0 Å². The van der Waals surface area contributed by atoms with Gasteiger partial charge in [0.2, 0.25) is 0 Å². The zero-order valence-corrected chi connectivity index (χ0v) is 14.7. The van der Waals surface area contributed by atoms with Gasteiger partial charge in [-0.25, -0.2) is 0 Å². The highest BCUT2D eigenvalue weighted by molar-refractivity contribution is 6.30. The topological polar surface area (TPSA) is 6.48 Å². The Morgan fingerprint density at radius 3 is 2.18 bits per heavy atom. The van der Waals surface area contributed by atoms with Gasteiger partial charge in [-0.1, -0.05) is 29.8 Å². The molecule has 118 valence electrons. The lowest BCUT2D eigenvalue weighted by Gasteiger charge is -2.29. The highest BCUT2D eigenvalue weighted by Crippen LogP contribution is 2.32. The number of aryl methyl sites for hydroxylation is 2. The molecule has 0 amide bonds. The van der Waals surface area contributed by atoms with E-state index in [1.54, 1.807) is 0 Å². The van der Waals surface area contributed by atoms with Crippen molar-refractivity contribution in [1.29, 1.82) is 0 Å². The summed E-state index contributed by atoms with van der Waals surface area (Å²) in [6, 6.07) is 14.7. The molecular formula is C19H25ClN2. The quantitative estimate of drug-likeness (QED) is 0.736. The van der Waals surface area contributed by atoms with Gasteiger partial charge in [-0.15, -0.1) is 0 Å². The zero-order chi connectivity index (χ0) is 16.1. The van der Waals surface area contributed by atoms with Crippen molar-refractivity contribution in [3.8, 4) is 0 Å². The molecule has 0 fully saturated rings. The molecule has 2 aromatic carbocycles. The highest BCUT2D eigenvalue weighted by Gasteiger charge is 2.13. The van der Waals surface area contributed by atoms with E-state index in [4.69, 9.17) is 11.6 Å². The van der Waals surface area contributed by atoms with E-state index < -0.39 is 0 Å². The van der Waals surface area contributed by atoms with E-state index in [1.807, 2.05) is 12.1 Å². The smallest absolute Gasteiger partial charge is 0.0441 e. The van der Waals surface area contributed by atoms with E-state index in [2.05, 4.69) is 68.1 Å². The normalized spacial score (nSPS) is 11.0. The molecule has 0 spiro atoms. The van der Waals surface area contributed by atoms with Gasteiger partial charge in [0.15, 0.2) is 0 Å². The number of halogens is 1. The van der Waals surface area contributed by atoms with Crippen molar-refractivity contribution in [2.45, 2.75) is 20.3 Å². The minimum Gasteiger partial charge on any atom is -0.341 e. The number of para-hydroxylation sites is 1. The van der Waals surface area contributed by atoms with Crippen LogP contribution in [0.3, 0.4) is 0 Å². The summed E-state index contributed by atoms with van der Waals surface area (Å²) in [6.07, 6.45) is 1.11. The van der Waals surface area contributed by atoms with Gasteiger partial charge in [-0.05, 0) is 76.3 Å². The predicted octanol–water partition coefficient (Wildman–Crippen LogP) is 5.05. The molecule has 2 nitrogen and oxygen atoms in total. The summed E-state index contributed by atoms with van der Waals surface area (Å²) in [5.41, 5.74) is 5.01. The molecule has 0 N–H and O–H groups in total. The molecule has 0 radical (unpaired) electrons. The monoisotopic (exact) mass is 316 g/mol. The first kappa shape index (κ1) is 16.9. The SMILES string of the molecule is Cc1ccccc1N(CCCN(C)C)c1ccc(Cl)cc1C. The maximum Gasteiger partial charge on any atom is 0.0441 e. The van der Waals surface area contributed by atoms with Crippen molar-refractivity contribution in [3.05, 3.63) is 58.6 Å². The Bertz CT molecular complexity index is 623. The van der Waals surface area contributed by atoms with E-state index in [9.17, 15) is 0 Å². The van der Waals surface area contributed by atoms with Crippen LogP contribution in [-0.2, 0) is 0 Å². The van der Waals surface area contributed by atoms with Crippen LogP contribution in [0.15, 0.2) is 42.5 Å². The minimum absolute atomic E-state index is 0.791. The summed E-state index contributed by atoms with van der Waals surface area (Å²) < 4.78 is 0. The molecule has 0 saturated carbocycles. The summed E-state index contributed by atoms with van der Waals surface area (Å²) in [5, 5.41) is 0.791. The molecule has 0 aromatic heterocycles. The van der Waals surface area contributed by atoms with Crippen LogP contribution in [-0.4, -0.2) is 32.1 Å². The van der Waals surface area contributed by atoms with Crippen LogP contribution in [0.2, 0.25) is 5.02 Å². The summed E-state index contributed by atoms with van der Waals surface area (Å²) in [7, 11) is 4.23. The average Bonchev–Trinajstić information content (AvgIpc) is 2.45. The molecule has 0 saturated heterocycles. The van der Waals surface area contributed by atoms with Crippen LogP contribution in [0.4, 0.5) is 11.4 Å². The molecule has 0 aliphatic heterocycles. The van der Waals surface area contributed by atoms with Crippen LogP contribution < -0.4 is 4.90 Å². The van der Waals surface area contributed by atoms with E-state index in [0.717, 1.165) is 24.5 Å². The second kappa shape index (κ2) is 7.66. The minimum atomic E-state index is 0.791. The van der Waals surface area contributed by atoms with Gasteiger partial charge >= 0.3 is 0 Å². The lowest BCUT2D eigenvalue weighted by molar-refractivity contribution is 0.402. The van der Waals surface area contributed by atoms with Gasteiger partial charge in [0.05, 0.1) is 0 Å². The van der Waals surface area contributed by atoms with Crippen molar-refractivity contribution < 1.29 is 0 Å². The lowest BCUT2D eigenvalue weighted by atomic mass is 10.1. The van der Waals surface area contributed by atoms with Crippen LogP contribution >= 0.6 is 11.6 Å². The molecule has 3 heteroatoms. The van der Waals surface area contributed by atoms with E-state index in [0.29, 0.717) is 0 Å². The Balaban J connectivity index is 2.34. The Morgan fingerprint density at radius 2 is 1.55 bits per heavy atom. The zero-order valence-electron chi connectivity index (χ0n) is 13.9. The second-order valence-electron chi connectivity index (χ2n) is 6.03. The largest absolute Gasteiger partial charge is 0.341 e. The highest BCUT2D eigenvalue weighted by atomic mass is 35.5. The van der Waals surface area contributed by atoms with Gasteiger partial charge in [0.25, 0.3) is 0 Å². The standard InChI is InChI=1S/C19H25ClN2/c1-15-8-5-6-9-18(15)22(13-7-12-21(3)4)19-11-10-17(20)14-16(19)2/h5-6,8-11,14H,7,12-13H2,1-4H3. The summed E-state index contributed by atoms with van der Waals surface area (Å²) in [6.45, 7) is 6.36. The summed E-state index contributed by atoms with van der Waals surface area (Å²) >= 11 is 6.12. The third-order valence-electron chi connectivity index (χ3n) is 3.84. The molecular weight excluding hydrogens is 292 g/mol. The average molecular weight is 317 g/mol. The Labute approximate surface area is 139 Å². The first-order valence-electron chi connectivity index (χ1n) is 7.73. The third-order valence-corrected chi connectivity index (χ3v) is 4.08. The third kappa shape index (κ3) is 4.25. The Kier molecular flexibility index (Phi) is 5.87. The van der Waals surface area contributed by atoms with Gasteiger partial charge in [0, 0.05) is 22.9 Å². The van der Waals surface area contributed by atoms with E-state index >= 15 is 0 Å². The lowest BCUT2D eigenvalue weighted by Crippen LogP contribution is -2.24. The van der Waals surface area contributed by atoms with Crippen molar-refractivity contribution >= 4 is 23.0 Å². The van der Waals surface area contributed by atoms with Gasteiger partial charge < -0.3 is 9.80 Å². The van der Waals surface area contributed by atoms with Crippen LogP contribution in [0.25, 0.3) is 0 Å². The van der Waals surface area contributed by atoms with Crippen molar-refractivity contribution in [1.82, 2.24) is 4.90 Å². The number of hydrogen-bond acceptors (Lipinski definition) is 2. The first-order chi connectivity index (χ1) is 10.5. The summed E-state index contributed by atoms with van der Waals surface area (Å²) in [5.74, 6) is 0. The second-order valence-corrected chi connectivity index (χ2v) is 6.46. The molecule has 22 heavy (non-hydrogen) atoms. The first-order valence-corrected chi connectivity index (χ1v) is 8.11. The van der Waals surface area contributed by atoms with Crippen molar-refractivity contribution in [2.24, 2.45) is 0 Å². The van der Waals surface area contributed by atoms with Crippen molar-refractivity contribution in [3.63, 3.8) is 0 Å². The van der Waals surface area contributed by atoms with Gasteiger partial charge in [-0.2, -0.15) is 0 Å². The van der Waals surface area contributed by atoms with Gasteiger partial charge in [0.1, 0.15) is 0 Å². The molecule has 0 bridgehead atoms. The van der Waals surface area contributed by atoms with E-state index in [-0.39, 0.29) is 0 Å². The fourth-order valence-corrected chi connectivity index (χ4v) is 2.93. The summed E-state index contributed by atoms with van der Waals surface area (Å²) in [4.78, 5) is 4.63. The van der Waals surface area contributed by atoms with E-state index in [1.165, 1.54) is 22.5 Å².